The fourth-order valence-electron chi connectivity index (χ4n) is 10.2. The minimum Gasteiger partial charge on any atom is -0.512 e. The number of aromatic nitrogens is 4. The van der Waals surface area contributed by atoms with Crippen LogP contribution in [0.5, 0.6) is 0 Å². The number of benzene rings is 8. The molecule has 0 saturated heterocycles. The van der Waals surface area contributed by atoms with Crippen LogP contribution >= 0.6 is 0 Å². The molecule has 12 aromatic rings. The number of aryl methyl sites for hydroxylation is 8. The standard InChI is InChI=1S/4C19H16N.2C5H8O2.4Ir/c2*1-14-8-10-18(15(2)12-14)19-11-9-17(13-20-19)16-6-4-3-5-7-16;2*1-14-10-15(2)12-18(11-14)17-8-9-19(20-13-17)16-6-4-3-5-7-16;2*1-4(6)3-5(2)7;;;;/h2*3-9,11-13H,1-2H3;2*3-6,8-13H,1-2H3;2*3,6H,1-2H3;;;;/q4*-1;;;;;;. The van der Waals surface area contributed by atoms with E-state index in [0.29, 0.717) is 0 Å². The first kappa shape index (κ1) is 83.6. The van der Waals surface area contributed by atoms with Crippen LogP contribution in [0.25, 0.3) is 89.5 Å². The normalized spacial score (nSPS) is 10.2. The maximum absolute atomic E-state index is 10.0. The van der Waals surface area contributed by atoms with Gasteiger partial charge in [-0.15, -0.1) is 142 Å². The molecular weight excluding hydrogens is 1920 g/mol. The Balaban J connectivity index is 0.000000315. The number of aliphatic hydroxyl groups excluding tert-OH is 2. The second-order valence-corrected chi connectivity index (χ2v) is 23.0. The van der Waals surface area contributed by atoms with Gasteiger partial charge in [-0.3, -0.25) is 9.59 Å². The van der Waals surface area contributed by atoms with Crippen molar-refractivity contribution in [3.05, 3.63) is 336 Å². The number of ketones is 2. The topological polar surface area (TPSA) is 126 Å². The summed E-state index contributed by atoms with van der Waals surface area (Å²) in [5, 5.41) is 16.7. The number of nitrogens with zero attached hydrogens (tertiary/aromatic N) is 4. The van der Waals surface area contributed by atoms with Gasteiger partial charge < -0.3 is 30.1 Å². The van der Waals surface area contributed by atoms with Crippen molar-refractivity contribution in [2.45, 2.75) is 83.1 Å². The van der Waals surface area contributed by atoms with Crippen LogP contribution in [0.15, 0.2) is 267 Å². The van der Waals surface area contributed by atoms with Gasteiger partial charge in [-0.25, -0.2) is 0 Å². The van der Waals surface area contributed by atoms with Crippen LogP contribution in [0.2, 0.25) is 0 Å². The zero-order valence-electron chi connectivity index (χ0n) is 57.1. The first-order valence-corrected chi connectivity index (χ1v) is 31.0. The van der Waals surface area contributed by atoms with Gasteiger partial charge in [0.1, 0.15) is 0 Å². The summed E-state index contributed by atoms with van der Waals surface area (Å²) in [6.45, 7) is 22.6. The predicted octanol–water partition coefficient (Wildman–Crippen LogP) is 21.4. The predicted molar refractivity (Wildman–Crippen MR) is 388 cm³/mol. The monoisotopic (exact) mass is 2000 g/mol. The van der Waals surface area contributed by atoms with E-state index in [1.54, 1.807) is 0 Å². The summed E-state index contributed by atoms with van der Waals surface area (Å²) in [6.07, 6.45) is 10.1. The molecule has 508 valence electrons. The van der Waals surface area contributed by atoms with Gasteiger partial charge in [-0.05, 0) is 123 Å². The molecule has 0 aliphatic rings. The van der Waals surface area contributed by atoms with Crippen LogP contribution in [0.1, 0.15) is 72.2 Å². The van der Waals surface area contributed by atoms with Crippen molar-refractivity contribution in [2.24, 2.45) is 0 Å². The van der Waals surface area contributed by atoms with E-state index in [0.717, 1.165) is 67.3 Å². The van der Waals surface area contributed by atoms with Crippen LogP contribution in [0, 0.1) is 79.7 Å². The van der Waals surface area contributed by atoms with E-state index in [-0.39, 0.29) is 104 Å². The number of allylic oxidation sites excluding steroid dienone is 4. The molecule has 0 saturated carbocycles. The van der Waals surface area contributed by atoms with Crippen LogP contribution in [-0.4, -0.2) is 41.7 Å². The Morgan fingerprint density at radius 3 is 0.857 bits per heavy atom. The molecular formula is C86H80Ir4N4O4-4. The first-order valence-electron chi connectivity index (χ1n) is 31.0. The van der Waals surface area contributed by atoms with Crippen molar-refractivity contribution in [3.63, 3.8) is 0 Å². The molecule has 4 radical (unpaired) electrons. The quantitative estimate of drug-likeness (QED) is 0.0788. The van der Waals surface area contributed by atoms with E-state index < -0.39 is 0 Å². The zero-order chi connectivity index (χ0) is 67.5. The molecule has 0 unspecified atom stereocenters. The molecule has 0 aliphatic carbocycles. The van der Waals surface area contributed by atoms with Crippen LogP contribution in [0.3, 0.4) is 0 Å². The fourth-order valence-corrected chi connectivity index (χ4v) is 10.2. The van der Waals surface area contributed by atoms with Gasteiger partial charge in [0.2, 0.25) is 0 Å². The van der Waals surface area contributed by atoms with E-state index >= 15 is 0 Å². The molecule has 0 bridgehead atoms. The van der Waals surface area contributed by atoms with E-state index in [2.05, 4.69) is 221 Å². The molecule has 0 spiro atoms. The molecule has 4 aromatic heterocycles. The van der Waals surface area contributed by atoms with Gasteiger partial charge in [0.25, 0.3) is 0 Å². The SMILES string of the molecule is CC(=O)C=C(C)O.CC(=O)C=C(C)O.Cc1c[c-]c(-c2ccc(-c3ccccc3)cn2)c(C)c1.Cc1c[c-]c(-c2ccc(-c3ccccc3)cn2)c(C)c1.Cc1cc(C)cc(-c2ccc(-c3[c-]cccc3)nc2)c1.Cc1cc(C)cc(-c2ccc(-c3[c-]cccc3)nc2)c1.[Ir].[Ir].[Ir].[Ir]. The third-order valence-corrected chi connectivity index (χ3v) is 14.3. The summed E-state index contributed by atoms with van der Waals surface area (Å²) >= 11 is 0. The van der Waals surface area contributed by atoms with Gasteiger partial charge in [0.05, 0.1) is 11.5 Å². The Kier molecular flexibility index (Phi) is 36.6. The van der Waals surface area contributed by atoms with Crippen LogP contribution in [-0.2, 0) is 90.0 Å². The number of pyridine rings is 4. The number of carbonyl (C=O) groups is 2. The van der Waals surface area contributed by atoms with Crippen molar-refractivity contribution in [1.82, 2.24) is 19.9 Å². The molecule has 12 heteroatoms. The van der Waals surface area contributed by atoms with Gasteiger partial charge in [-0.2, -0.15) is 0 Å². The number of hydrogen-bond acceptors (Lipinski definition) is 8. The molecule has 0 amide bonds. The molecule has 4 heterocycles. The fraction of sp³-hybridized carbons (Fsp3) is 0.140. The van der Waals surface area contributed by atoms with Crippen LogP contribution in [0.4, 0.5) is 0 Å². The smallest absolute Gasteiger partial charge is 0.155 e. The van der Waals surface area contributed by atoms with Crippen molar-refractivity contribution in [1.29, 1.82) is 0 Å². The molecule has 0 fully saturated rings. The van der Waals surface area contributed by atoms with Crippen molar-refractivity contribution in [3.8, 4) is 89.5 Å². The summed E-state index contributed by atoms with van der Waals surface area (Å²) in [7, 11) is 0. The number of aliphatic hydroxyl groups is 2. The summed E-state index contributed by atoms with van der Waals surface area (Å²) < 4.78 is 0. The van der Waals surface area contributed by atoms with Gasteiger partial charge >= 0.3 is 0 Å². The van der Waals surface area contributed by atoms with Crippen molar-refractivity contribution < 1.29 is 100 Å². The maximum atomic E-state index is 10.0. The Morgan fingerprint density at radius 2 is 0.612 bits per heavy atom. The average molecular weight is 2000 g/mol. The number of carbonyl (C=O) groups excluding carboxylic acids is 2. The first-order chi connectivity index (χ1) is 45.2. The molecule has 98 heavy (non-hydrogen) atoms. The molecule has 12 rings (SSSR count). The van der Waals surface area contributed by atoms with Crippen molar-refractivity contribution >= 4 is 11.6 Å². The van der Waals surface area contributed by atoms with Crippen LogP contribution < -0.4 is 0 Å². The van der Waals surface area contributed by atoms with E-state index in [1.165, 1.54) is 107 Å². The molecule has 0 atom stereocenters. The third-order valence-electron chi connectivity index (χ3n) is 14.3. The minimum atomic E-state index is -0.125. The molecule has 8 nitrogen and oxygen atoms in total. The molecule has 0 aliphatic heterocycles. The Hall–Kier alpha value is -8.62. The zero-order valence-corrected chi connectivity index (χ0v) is 66.7. The van der Waals surface area contributed by atoms with Gasteiger partial charge in [-0.1, -0.05) is 196 Å². The number of rotatable bonds is 10. The van der Waals surface area contributed by atoms with E-state index in [9.17, 15) is 9.59 Å². The Labute approximate surface area is 634 Å². The van der Waals surface area contributed by atoms with Gasteiger partial charge in [0, 0.05) is 117 Å². The Morgan fingerprint density at radius 1 is 0.316 bits per heavy atom. The summed E-state index contributed by atoms with van der Waals surface area (Å²) in [5.74, 6) is -0.125. The maximum Gasteiger partial charge on any atom is 0.155 e. The summed E-state index contributed by atoms with van der Waals surface area (Å²) in [4.78, 5) is 38.3. The summed E-state index contributed by atoms with van der Waals surface area (Å²) in [5.41, 5.74) is 27.5. The number of hydrogen-bond donors (Lipinski definition) is 2. The average Bonchev–Trinajstić information content (AvgIpc) is 0.849. The second-order valence-electron chi connectivity index (χ2n) is 23.0. The van der Waals surface area contributed by atoms with E-state index in [1.807, 2.05) is 122 Å². The second kappa shape index (κ2) is 42.9. The van der Waals surface area contributed by atoms with Crippen molar-refractivity contribution in [2.75, 3.05) is 0 Å². The van der Waals surface area contributed by atoms with E-state index in [4.69, 9.17) is 10.2 Å². The third kappa shape index (κ3) is 27.7. The Bertz CT molecular complexity index is 4120. The largest absolute Gasteiger partial charge is 0.512 e. The molecule has 8 aromatic carbocycles. The molecule has 2 N–H and O–H groups in total. The summed E-state index contributed by atoms with van der Waals surface area (Å²) in [6, 6.07) is 87.7. The van der Waals surface area contributed by atoms with Gasteiger partial charge in [0.15, 0.2) is 11.6 Å². The minimum absolute atomic E-state index is 0.